The van der Waals surface area contributed by atoms with Gasteiger partial charge < -0.3 is 10.2 Å². The molecule has 1 N–H and O–H groups in total. The van der Waals surface area contributed by atoms with Crippen LogP contribution in [0.4, 0.5) is 5.69 Å². The lowest BCUT2D eigenvalue weighted by molar-refractivity contribution is 0.237. The summed E-state index contributed by atoms with van der Waals surface area (Å²) in [5.41, 5.74) is 1.75. The van der Waals surface area contributed by atoms with E-state index in [1.807, 2.05) is 12.1 Å². The molecule has 18 heavy (non-hydrogen) atoms. The van der Waals surface area contributed by atoms with Crippen LogP contribution in [0.3, 0.4) is 0 Å². The van der Waals surface area contributed by atoms with Gasteiger partial charge in [-0.05, 0) is 69.5 Å². The molecule has 0 saturated carbocycles. The summed E-state index contributed by atoms with van der Waals surface area (Å²) in [5, 5.41) is 4.32. The van der Waals surface area contributed by atoms with E-state index in [2.05, 4.69) is 22.3 Å². The summed E-state index contributed by atoms with van der Waals surface area (Å²) in [4.78, 5) is 2.65. The average Bonchev–Trinajstić information content (AvgIpc) is 2.42. The SMILES string of the molecule is Clc1ccc(N2CCCCC23CCNCC3)cc1. The monoisotopic (exact) mass is 264 g/mol. The van der Waals surface area contributed by atoms with Crippen molar-refractivity contribution in [2.24, 2.45) is 0 Å². The van der Waals surface area contributed by atoms with Crippen LogP contribution in [0.2, 0.25) is 5.02 Å². The lowest BCUT2D eigenvalue weighted by atomic mass is 9.78. The Bertz CT molecular complexity index is 387. The fourth-order valence-electron chi connectivity index (χ4n) is 3.53. The number of piperidine rings is 2. The van der Waals surface area contributed by atoms with Gasteiger partial charge in [0.15, 0.2) is 0 Å². The Morgan fingerprint density at radius 1 is 1.00 bits per heavy atom. The molecule has 0 radical (unpaired) electrons. The third-order valence-electron chi connectivity index (χ3n) is 4.52. The maximum atomic E-state index is 6.00. The van der Waals surface area contributed by atoms with Crippen LogP contribution in [0, 0.1) is 0 Å². The van der Waals surface area contributed by atoms with Crippen molar-refractivity contribution in [3.05, 3.63) is 29.3 Å². The second-order valence-corrected chi connectivity index (χ2v) is 6.00. The van der Waals surface area contributed by atoms with Crippen molar-refractivity contribution in [2.75, 3.05) is 24.5 Å². The summed E-state index contributed by atoms with van der Waals surface area (Å²) >= 11 is 6.00. The molecule has 2 aliphatic heterocycles. The van der Waals surface area contributed by atoms with Crippen molar-refractivity contribution in [3.63, 3.8) is 0 Å². The molecular weight excluding hydrogens is 244 g/mol. The second-order valence-electron chi connectivity index (χ2n) is 5.56. The third-order valence-corrected chi connectivity index (χ3v) is 4.77. The zero-order valence-electron chi connectivity index (χ0n) is 10.8. The molecule has 0 atom stereocenters. The van der Waals surface area contributed by atoms with Gasteiger partial charge in [0.1, 0.15) is 0 Å². The fraction of sp³-hybridized carbons (Fsp3) is 0.600. The summed E-state index contributed by atoms with van der Waals surface area (Å²) < 4.78 is 0. The maximum absolute atomic E-state index is 6.00. The Balaban J connectivity index is 1.89. The largest absolute Gasteiger partial charge is 0.366 e. The van der Waals surface area contributed by atoms with E-state index < -0.39 is 0 Å². The van der Waals surface area contributed by atoms with Gasteiger partial charge in [-0.25, -0.2) is 0 Å². The molecule has 0 amide bonds. The summed E-state index contributed by atoms with van der Waals surface area (Å²) in [5.74, 6) is 0. The van der Waals surface area contributed by atoms with Crippen LogP contribution in [0.25, 0.3) is 0 Å². The molecule has 3 rings (SSSR count). The van der Waals surface area contributed by atoms with Crippen molar-refractivity contribution >= 4 is 17.3 Å². The first-order valence-corrected chi connectivity index (χ1v) is 7.42. The zero-order chi connectivity index (χ0) is 12.4. The molecule has 2 saturated heterocycles. The Hall–Kier alpha value is -0.730. The number of nitrogens with one attached hydrogen (secondary N) is 1. The number of halogens is 1. The molecule has 1 aromatic rings. The smallest absolute Gasteiger partial charge is 0.0426 e. The van der Waals surface area contributed by atoms with Gasteiger partial charge in [0, 0.05) is 22.8 Å². The summed E-state index contributed by atoms with van der Waals surface area (Å²) in [6.45, 7) is 3.51. The summed E-state index contributed by atoms with van der Waals surface area (Å²) in [6.07, 6.45) is 6.59. The Morgan fingerprint density at radius 2 is 1.72 bits per heavy atom. The number of rotatable bonds is 1. The lowest BCUT2D eigenvalue weighted by Gasteiger charge is -2.51. The number of hydrogen-bond acceptors (Lipinski definition) is 2. The minimum Gasteiger partial charge on any atom is -0.366 e. The predicted molar refractivity (Wildman–Crippen MR) is 77.5 cm³/mol. The molecule has 0 aliphatic carbocycles. The molecular formula is C15H21ClN2. The van der Waals surface area contributed by atoms with Gasteiger partial charge in [0.2, 0.25) is 0 Å². The van der Waals surface area contributed by atoms with E-state index in [4.69, 9.17) is 11.6 Å². The molecule has 2 aliphatic rings. The van der Waals surface area contributed by atoms with Crippen LogP contribution in [0.15, 0.2) is 24.3 Å². The molecule has 1 spiro atoms. The molecule has 2 fully saturated rings. The first kappa shape index (κ1) is 12.3. The first-order chi connectivity index (χ1) is 8.80. The van der Waals surface area contributed by atoms with E-state index in [0.717, 1.165) is 18.1 Å². The number of anilines is 1. The van der Waals surface area contributed by atoms with Crippen LogP contribution in [0.1, 0.15) is 32.1 Å². The summed E-state index contributed by atoms with van der Waals surface area (Å²) in [7, 11) is 0. The van der Waals surface area contributed by atoms with Gasteiger partial charge in [0.25, 0.3) is 0 Å². The van der Waals surface area contributed by atoms with Crippen molar-refractivity contribution in [1.29, 1.82) is 0 Å². The van der Waals surface area contributed by atoms with E-state index in [1.54, 1.807) is 0 Å². The van der Waals surface area contributed by atoms with Crippen LogP contribution < -0.4 is 10.2 Å². The van der Waals surface area contributed by atoms with Crippen molar-refractivity contribution in [1.82, 2.24) is 5.32 Å². The highest BCUT2D eigenvalue weighted by molar-refractivity contribution is 6.30. The third kappa shape index (κ3) is 2.24. The second kappa shape index (κ2) is 5.10. The first-order valence-electron chi connectivity index (χ1n) is 7.04. The van der Waals surface area contributed by atoms with Crippen LogP contribution >= 0.6 is 11.6 Å². The number of hydrogen-bond donors (Lipinski definition) is 1. The van der Waals surface area contributed by atoms with Gasteiger partial charge >= 0.3 is 0 Å². The normalized spacial score (nSPS) is 23.3. The van der Waals surface area contributed by atoms with Gasteiger partial charge in [0.05, 0.1) is 0 Å². The highest BCUT2D eigenvalue weighted by atomic mass is 35.5. The minimum atomic E-state index is 0.400. The number of nitrogens with zero attached hydrogens (tertiary/aromatic N) is 1. The van der Waals surface area contributed by atoms with Gasteiger partial charge in [-0.3, -0.25) is 0 Å². The van der Waals surface area contributed by atoms with E-state index in [1.165, 1.54) is 44.3 Å². The number of benzene rings is 1. The predicted octanol–water partition coefficient (Wildman–Crippen LogP) is 3.45. The van der Waals surface area contributed by atoms with Crippen molar-refractivity contribution < 1.29 is 0 Å². The molecule has 2 heterocycles. The van der Waals surface area contributed by atoms with Gasteiger partial charge in [-0.2, -0.15) is 0 Å². The van der Waals surface area contributed by atoms with E-state index in [0.29, 0.717) is 5.54 Å². The molecule has 0 aromatic heterocycles. The fourth-order valence-corrected chi connectivity index (χ4v) is 3.66. The highest BCUT2D eigenvalue weighted by Gasteiger charge is 2.39. The van der Waals surface area contributed by atoms with Crippen LogP contribution in [0.5, 0.6) is 0 Å². The van der Waals surface area contributed by atoms with E-state index in [9.17, 15) is 0 Å². The molecule has 3 heteroatoms. The molecule has 0 unspecified atom stereocenters. The Kier molecular flexibility index (Phi) is 3.49. The van der Waals surface area contributed by atoms with E-state index >= 15 is 0 Å². The van der Waals surface area contributed by atoms with Crippen molar-refractivity contribution in [3.8, 4) is 0 Å². The standard InChI is InChI=1S/C15H21ClN2/c16-13-3-5-14(6-4-13)18-12-2-1-7-15(18)8-10-17-11-9-15/h3-6,17H,1-2,7-12H2. The zero-order valence-corrected chi connectivity index (χ0v) is 11.5. The lowest BCUT2D eigenvalue weighted by Crippen LogP contribution is -2.57. The topological polar surface area (TPSA) is 15.3 Å². The van der Waals surface area contributed by atoms with Gasteiger partial charge in [-0.15, -0.1) is 0 Å². The Morgan fingerprint density at radius 3 is 2.44 bits per heavy atom. The highest BCUT2D eigenvalue weighted by Crippen LogP contribution is 2.39. The molecule has 98 valence electrons. The van der Waals surface area contributed by atoms with Crippen LogP contribution in [-0.2, 0) is 0 Å². The quantitative estimate of drug-likeness (QED) is 0.836. The van der Waals surface area contributed by atoms with E-state index in [-0.39, 0.29) is 0 Å². The van der Waals surface area contributed by atoms with Crippen LogP contribution in [-0.4, -0.2) is 25.2 Å². The Labute approximate surface area is 114 Å². The van der Waals surface area contributed by atoms with Crippen molar-refractivity contribution in [2.45, 2.75) is 37.6 Å². The average molecular weight is 265 g/mol. The minimum absolute atomic E-state index is 0.400. The molecule has 1 aromatic carbocycles. The summed E-state index contributed by atoms with van der Waals surface area (Å²) in [6, 6.07) is 8.38. The molecule has 0 bridgehead atoms. The molecule has 2 nitrogen and oxygen atoms in total. The maximum Gasteiger partial charge on any atom is 0.0426 e. The van der Waals surface area contributed by atoms with Gasteiger partial charge in [-0.1, -0.05) is 11.6 Å².